The number of pyridine rings is 1. The maximum Gasteiger partial charge on any atom is 0.257 e. The predicted molar refractivity (Wildman–Crippen MR) is 108 cm³/mol. The number of aryl methyl sites for hydroxylation is 1. The number of carbonyl (C=O) groups excluding carboxylic acids is 1. The number of amides is 1. The van der Waals surface area contributed by atoms with Gasteiger partial charge in [0.05, 0.1) is 13.2 Å². The van der Waals surface area contributed by atoms with Crippen molar-refractivity contribution in [2.75, 3.05) is 30.0 Å². The van der Waals surface area contributed by atoms with Gasteiger partial charge in [-0.1, -0.05) is 0 Å². The maximum atomic E-state index is 13.2. The Morgan fingerprint density at radius 1 is 1.25 bits per heavy atom. The molecule has 2 aromatic heterocycles. The zero-order valence-electron chi connectivity index (χ0n) is 16.6. The molecule has 0 radical (unpaired) electrons. The Hall–Kier alpha value is -2.54. The molecule has 0 aromatic carbocycles. The molecule has 0 bridgehead atoms. The second-order valence-electron chi connectivity index (χ2n) is 7.55. The summed E-state index contributed by atoms with van der Waals surface area (Å²) in [5.74, 6) is 1.89. The van der Waals surface area contributed by atoms with E-state index in [1.807, 2.05) is 6.07 Å². The van der Waals surface area contributed by atoms with Crippen LogP contribution < -0.4 is 10.2 Å². The van der Waals surface area contributed by atoms with Crippen molar-refractivity contribution in [3.05, 3.63) is 41.0 Å². The third-order valence-electron chi connectivity index (χ3n) is 5.54. The van der Waals surface area contributed by atoms with E-state index in [1.165, 1.54) is 6.42 Å². The summed E-state index contributed by atoms with van der Waals surface area (Å²) in [5, 5.41) is 2.93. The number of hydrogen-bond donors (Lipinski definition) is 1. The van der Waals surface area contributed by atoms with E-state index in [0.29, 0.717) is 42.9 Å². The fourth-order valence-corrected chi connectivity index (χ4v) is 4.04. The molecule has 4 rings (SSSR count). The Morgan fingerprint density at radius 3 is 2.93 bits per heavy atom. The average molecular weight is 381 g/mol. The quantitative estimate of drug-likeness (QED) is 0.881. The molecule has 0 unspecified atom stereocenters. The van der Waals surface area contributed by atoms with Crippen LogP contribution in [0.3, 0.4) is 0 Å². The molecule has 4 heterocycles. The van der Waals surface area contributed by atoms with E-state index in [9.17, 15) is 4.79 Å². The lowest BCUT2D eigenvalue weighted by atomic mass is 9.99. The summed E-state index contributed by atoms with van der Waals surface area (Å²) in [5.41, 5.74) is 2.66. The van der Waals surface area contributed by atoms with Crippen LogP contribution in [0.5, 0.6) is 0 Å². The van der Waals surface area contributed by atoms with Crippen molar-refractivity contribution >= 4 is 17.5 Å². The van der Waals surface area contributed by atoms with Crippen LogP contribution in [0, 0.1) is 6.92 Å². The van der Waals surface area contributed by atoms with E-state index < -0.39 is 0 Å². The molecule has 148 valence electrons. The highest BCUT2D eigenvalue weighted by atomic mass is 16.5. The van der Waals surface area contributed by atoms with Crippen LogP contribution in [0.15, 0.2) is 18.3 Å². The van der Waals surface area contributed by atoms with Crippen LogP contribution in [0.2, 0.25) is 0 Å². The smallest absolute Gasteiger partial charge is 0.257 e. The van der Waals surface area contributed by atoms with Gasteiger partial charge in [-0.15, -0.1) is 0 Å². The van der Waals surface area contributed by atoms with E-state index in [2.05, 4.69) is 27.1 Å². The van der Waals surface area contributed by atoms with Gasteiger partial charge in [0.1, 0.15) is 17.5 Å². The van der Waals surface area contributed by atoms with E-state index in [-0.39, 0.29) is 5.91 Å². The van der Waals surface area contributed by atoms with Gasteiger partial charge < -0.3 is 15.0 Å². The van der Waals surface area contributed by atoms with E-state index >= 15 is 0 Å². The lowest BCUT2D eigenvalue weighted by Gasteiger charge is -2.35. The van der Waals surface area contributed by atoms with Gasteiger partial charge in [0.25, 0.3) is 5.91 Å². The van der Waals surface area contributed by atoms with E-state index in [0.717, 1.165) is 42.9 Å². The number of nitrogens with one attached hydrogen (secondary N) is 1. The van der Waals surface area contributed by atoms with Gasteiger partial charge in [-0.3, -0.25) is 4.79 Å². The fraction of sp³-hybridized carbons (Fsp3) is 0.524. The zero-order chi connectivity index (χ0) is 19.5. The molecule has 1 fully saturated rings. The summed E-state index contributed by atoms with van der Waals surface area (Å²) in [7, 11) is 0. The van der Waals surface area contributed by atoms with Gasteiger partial charge in [-0.2, -0.15) is 0 Å². The molecule has 2 aliphatic rings. The van der Waals surface area contributed by atoms with Crippen molar-refractivity contribution in [2.45, 2.75) is 52.0 Å². The summed E-state index contributed by atoms with van der Waals surface area (Å²) in [6.07, 6.45) is 6.65. The van der Waals surface area contributed by atoms with Crippen molar-refractivity contribution in [3.8, 4) is 0 Å². The zero-order valence-corrected chi connectivity index (χ0v) is 16.6. The molecule has 0 saturated carbocycles. The van der Waals surface area contributed by atoms with E-state index in [1.54, 1.807) is 19.2 Å². The number of ether oxygens (including phenoxy) is 1. The number of aromatic nitrogens is 3. The number of hydrogen-bond acceptors (Lipinski definition) is 6. The summed E-state index contributed by atoms with van der Waals surface area (Å²) < 4.78 is 5.65. The molecule has 7 heteroatoms. The lowest BCUT2D eigenvalue weighted by molar-refractivity contribution is 0.102. The first-order valence-electron chi connectivity index (χ1n) is 10.1. The molecule has 2 aliphatic heterocycles. The summed E-state index contributed by atoms with van der Waals surface area (Å²) in [4.78, 5) is 28.8. The van der Waals surface area contributed by atoms with Gasteiger partial charge in [0, 0.05) is 36.5 Å². The molecule has 28 heavy (non-hydrogen) atoms. The fourth-order valence-electron chi connectivity index (χ4n) is 4.04. The lowest BCUT2D eigenvalue weighted by Crippen LogP contribution is -2.38. The molecular weight excluding hydrogens is 354 g/mol. The van der Waals surface area contributed by atoms with Crippen LogP contribution in [0.4, 0.5) is 11.6 Å². The minimum Gasteiger partial charge on any atom is -0.381 e. The SMILES string of the molecule is Cc1nccc(NC(=O)c2cc(N3CCCC[C@@H]3C)nc3c2CCOCC3)n1. The van der Waals surface area contributed by atoms with Crippen molar-refractivity contribution < 1.29 is 9.53 Å². The Kier molecular flexibility index (Phi) is 5.52. The van der Waals surface area contributed by atoms with Crippen LogP contribution in [-0.2, 0) is 17.6 Å². The van der Waals surface area contributed by atoms with E-state index in [4.69, 9.17) is 9.72 Å². The van der Waals surface area contributed by atoms with Gasteiger partial charge in [0.15, 0.2) is 0 Å². The summed E-state index contributed by atoms with van der Waals surface area (Å²) >= 11 is 0. The van der Waals surface area contributed by atoms with Gasteiger partial charge in [0.2, 0.25) is 0 Å². The van der Waals surface area contributed by atoms with Gasteiger partial charge in [-0.05, 0) is 57.2 Å². The first-order chi connectivity index (χ1) is 13.6. The summed E-state index contributed by atoms with van der Waals surface area (Å²) in [6, 6.07) is 4.10. The first-order valence-corrected chi connectivity index (χ1v) is 10.1. The average Bonchev–Trinajstić information content (AvgIpc) is 2.93. The second kappa shape index (κ2) is 8.22. The third kappa shape index (κ3) is 3.99. The molecule has 1 saturated heterocycles. The maximum absolute atomic E-state index is 13.2. The van der Waals surface area contributed by atoms with Crippen molar-refractivity contribution in [1.82, 2.24) is 15.0 Å². The highest BCUT2D eigenvalue weighted by Crippen LogP contribution is 2.28. The van der Waals surface area contributed by atoms with Crippen LogP contribution >= 0.6 is 0 Å². The topological polar surface area (TPSA) is 80.2 Å². The predicted octanol–water partition coefficient (Wildman–Crippen LogP) is 2.93. The first kappa shape index (κ1) is 18.8. The molecule has 0 aliphatic carbocycles. The number of fused-ring (bicyclic) bond motifs is 1. The molecule has 7 nitrogen and oxygen atoms in total. The minimum atomic E-state index is -0.149. The number of anilines is 2. The molecular formula is C21H27N5O2. The normalized spacial score (nSPS) is 19.6. The van der Waals surface area contributed by atoms with Crippen LogP contribution in [0.25, 0.3) is 0 Å². The van der Waals surface area contributed by atoms with Crippen molar-refractivity contribution in [3.63, 3.8) is 0 Å². The third-order valence-corrected chi connectivity index (χ3v) is 5.54. The largest absolute Gasteiger partial charge is 0.381 e. The molecule has 2 aromatic rings. The Bertz CT molecular complexity index is 870. The molecule has 0 spiro atoms. The highest BCUT2D eigenvalue weighted by Gasteiger charge is 2.25. The molecule has 1 N–H and O–H groups in total. The second-order valence-corrected chi connectivity index (χ2v) is 7.55. The minimum absolute atomic E-state index is 0.149. The standard InChI is InChI=1S/C21H27N5O2/c1-14-5-3-4-10-26(14)20-13-17(16-7-11-28-12-8-18(16)24-20)21(27)25-19-6-9-22-15(2)23-19/h6,9,13-14H,3-5,7-8,10-12H2,1-2H3,(H,22,23,25,27)/t14-/m0/s1. The van der Waals surface area contributed by atoms with Crippen molar-refractivity contribution in [1.29, 1.82) is 0 Å². The Balaban J connectivity index is 1.71. The number of nitrogens with zero attached hydrogens (tertiary/aromatic N) is 4. The van der Waals surface area contributed by atoms with Crippen LogP contribution in [0.1, 0.15) is 53.6 Å². The Morgan fingerprint density at radius 2 is 2.11 bits per heavy atom. The molecule has 1 amide bonds. The van der Waals surface area contributed by atoms with Crippen molar-refractivity contribution in [2.24, 2.45) is 0 Å². The van der Waals surface area contributed by atoms with Gasteiger partial charge in [-0.25, -0.2) is 15.0 Å². The Labute approximate surface area is 165 Å². The highest BCUT2D eigenvalue weighted by molar-refractivity contribution is 6.05. The van der Waals surface area contributed by atoms with Gasteiger partial charge >= 0.3 is 0 Å². The number of carbonyl (C=O) groups is 1. The van der Waals surface area contributed by atoms with Crippen LogP contribution in [-0.4, -0.2) is 46.7 Å². The number of piperidine rings is 1. The number of rotatable bonds is 3. The summed E-state index contributed by atoms with van der Waals surface area (Å²) in [6.45, 7) is 6.28. The molecule has 1 atom stereocenters. The monoisotopic (exact) mass is 381 g/mol.